The molecule has 0 aliphatic carbocycles. The molecule has 15 heteroatoms. The van der Waals surface area contributed by atoms with E-state index in [0.29, 0.717) is 45.0 Å². The summed E-state index contributed by atoms with van der Waals surface area (Å²) in [6.45, 7) is 2.94. The first-order valence-electron chi connectivity index (χ1n) is 16.1. The third kappa shape index (κ3) is 8.81. The van der Waals surface area contributed by atoms with Crippen LogP contribution < -0.4 is 14.9 Å². The molecule has 0 spiro atoms. The Hall–Kier alpha value is -5.51. The zero-order valence-electron chi connectivity index (χ0n) is 27.4. The summed E-state index contributed by atoms with van der Waals surface area (Å²) < 4.78 is 29.6. The molecular formula is C36H35N7O6S2. The van der Waals surface area contributed by atoms with Gasteiger partial charge in [0.1, 0.15) is 16.3 Å². The summed E-state index contributed by atoms with van der Waals surface area (Å²) in [4.78, 5) is 29.3. The van der Waals surface area contributed by atoms with Gasteiger partial charge in [0.2, 0.25) is 0 Å². The van der Waals surface area contributed by atoms with E-state index < -0.39 is 31.4 Å². The van der Waals surface area contributed by atoms with Crippen LogP contribution in [0.4, 0.5) is 17.1 Å². The largest absolute Gasteiger partial charge is 0.508 e. The van der Waals surface area contributed by atoms with E-state index in [1.165, 1.54) is 24.4 Å². The number of sulfonamides is 1. The highest BCUT2D eigenvalue weighted by atomic mass is 32.2. The third-order valence-corrected chi connectivity index (χ3v) is 10.7. The smallest absolute Gasteiger partial charge is 0.293 e. The van der Waals surface area contributed by atoms with Crippen LogP contribution in [0.1, 0.15) is 16.1 Å². The molecule has 51 heavy (non-hydrogen) atoms. The first-order chi connectivity index (χ1) is 24.7. The van der Waals surface area contributed by atoms with Gasteiger partial charge in [0.05, 0.1) is 10.6 Å². The first kappa shape index (κ1) is 35.3. The van der Waals surface area contributed by atoms with Gasteiger partial charge in [-0.3, -0.25) is 19.8 Å². The van der Waals surface area contributed by atoms with E-state index in [4.69, 9.17) is 0 Å². The lowest BCUT2D eigenvalue weighted by molar-refractivity contribution is -0.384. The minimum Gasteiger partial charge on any atom is -0.508 e. The van der Waals surface area contributed by atoms with Crippen molar-refractivity contribution in [2.75, 3.05) is 48.7 Å². The van der Waals surface area contributed by atoms with E-state index in [2.05, 4.69) is 20.4 Å². The van der Waals surface area contributed by atoms with E-state index in [9.17, 15) is 28.4 Å². The van der Waals surface area contributed by atoms with Crippen molar-refractivity contribution in [1.82, 2.24) is 19.8 Å². The number of amides is 1. The normalized spacial score (nSPS) is 13.5. The molecule has 0 unspecified atom stereocenters. The number of benzene rings is 4. The van der Waals surface area contributed by atoms with Crippen molar-refractivity contribution >= 4 is 44.8 Å². The maximum Gasteiger partial charge on any atom is 0.293 e. The number of nitro groups is 1. The van der Waals surface area contributed by atoms with E-state index in [0.717, 1.165) is 27.7 Å². The Kier molecular flexibility index (Phi) is 11.1. The van der Waals surface area contributed by atoms with Crippen LogP contribution in [0, 0.1) is 10.1 Å². The number of hydrogen-bond acceptors (Lipinski definition) is 12. The van der Waals surface area contributed by atoms with Crippen molar-refractivity contribution in [2.45, 2.75) is 16.3 Å². The van der Waals surface area contributed by atoms with E-state index in [1.807, 2.05) is 70.3 Å². The van der Waals surface area contributed by atoms with Gasteiger partial charge in [-0.05, 0) is 59.2 Å². The van der Waals surface area contributed by atoms with Crippen molar-refractivity contribution in [2.24, 2.45) is 0 Å². The van der Waals surface area contributed by atoms with Gasteiger partial charge in [-0.1, -0.05) is 54.6 Å². The molecule has 6 rings (SSSR count). The number of anilines is 2. The quantitative estimate of drug-likeness (QED) is 0.0612. The Morgan fingerprint density at radius 3 is 2.41 bits per heavy atom. The van der Waals surface area contributed by atoms with Crippen molar-refractivity contribution in [3.8, 4) is 16.9 Å². The molecule has 1 aliphatic rings. The maximum atomic E-state index is 13.8. The van der Waals surface area contributed by atoms with Crippen LogP contribution >= 0.6 is 11.8 Å². The van der Waals surface area contributed by atoms with Gasteiger partial charge in [-0.25, -0.2) is 13.1 Å². The minimum atomic E-state index is -4.60. The number of aromatic nitrogens is 2. The molecule has 2 heterocycles. The summed E-state index contributed by atoms with van der Waals surface area (Å²) in [7, 11) is -4.60. The number of thioether (sulfide) groups is 1. The average Bonchev–Trinajstić information content (AvgIpc) is 3.14. The minimum absolute atomic E-state index is 0.172. The topological polar surface area (TPSA) is 171 Å². The Balaban J connectivity index is 1.26. The molecule has 1 aromatic heterocycles. The van der Waals surface area contributed by atoms with Gasteiger partial charge in [-0.15, -0.1) is 16.9 Å². The van der Waals surface area contributed by atoms with Crippen LogP contribution in [0.25, 0.3) is 11.1 Å². The van der Waals surface area contributed by atoms with Crippen LogP contribution in [-0.4, -0.2) is 77.9 Å². The number of nitrogens with one attached hydrogen (secondary N) is 2. The molecule has 4 aromatic carbocycles. The maximum absolute atomic E-state index is 13.8. The van der Waals surface area contributed by atoms with Crippen molar-refractivity contribution in [3.63, 3.8) is 0 Å². The molecule has 262 valence electrons. The highest BCUT2D eigenvalue weighted by Gasteiger charge is 2.31. The Morgan fingerprint density at radius 2 is 1.69 bits per heavy atom. The molecule has 0 radical (unpaired) electrons. The molecule has 3 N–H and O–H groups in total. The molecule has 1 amide bonds. The van der Waals surface area contributed by atoms with Gasteiger partial charge in [0, 0.05) is 62.2 Å². The number of carbonyl (C=O) groups excluding carboxylic acids is 1. The third-order valence-electron chi connectivity index (χ3n) is 8.31. The van der Waals surface area contributed by atoms with Crippen LogP contribution in [0.2, 0.25) is 0 Å². The second-order valence-corrected chi connectivity index (χ2v) is 14.5. The summed E-state index contributed by atoms with van der Waals surface area (Å²) >= 11 is 1.58. The number of nitro benzene ring substituents is 1. The fourth-order valence-corrected chi connectivity index (χ4v) is 7.82. The molecule has 1 fully saturated rings. The Morgan fingerprint density at radius 1 is 0.922 bits per heavy atom. The highest BCUT2D eigenvalue weighted by molar-refractivity contribution is 7.99. The summed E-state index contributed by atoms with van der Waals surface area (Å²) in [5, 5.41) is 32.8. The summed E-state index contributed by atoms with van der Waals surface area (Å²) in [5.74, 6) is -0.221. The van der Waals surface area contributed by atoms with E-state index >= 15 is 0 Å². The Bertz CT molecular complexity index is 2110. The first-order valence-corrected chi connectivity index (χ1v) is 18.6. The van der Waals surface area contributed by atoms with Gasteiger partial charge < -0.3 is 15.3 Å². The standard InChI is InChI=1S/C36H35N7O6S2/c44-28-10-6-9-26(22-28)30-13-5-4-8-27(30)25-41-17-19-42(20-18-41)34-23-32(37-16-21-50-29-11-2-1-3-12-29)33(43(46)47)24-35(34)51(48,49)40-36(45)31-14-7-15-38-39-31/h1-15,22-24,37,44H,16-21,25H2,(H,40,45). The van der Waals surface area contributed by atoms with Crippen molar-refractivity contribution < 1.29 is 23.2 Å². The summed E-state index contributed by atoms with van der Waals surface area (Å²) in [6, 6.07) is 30.1. The fourth-order valence-electron chi connectivity index (χ4n) is 5.84. The number of aromatic hydroxyl groups is 1. The molecular weight excluding hydrogens is 691 g/mol. The number of phenols is 1. The van der Waals surface area contributed by atoms with Crippen LogP contribution in [0.5, 0.6) is 5.75 Å². The van der Waals surface area contributed by atoms with Gasteiger partial charge >= 0.3 is 0 Å². The van der Waals surface area contributed by atoms with Crippen LogP contribution in [0.3, 0.4) is 0 Å². The van der Waals surface area contributed by atoms with Crippen molar-refractivity contribution in [1.29, 1.82) is 0 Å². The summed E-state index contributed by atoms with van der Waals surface area (Å²) in [6.07, 6.45) is 1.35. The molecule has 1 saturated heterocycles. The lowest BCUT2D eigenvalue weighted by atomic mass is 9.99. The van der Waals surface area contributed by atoms with Gasteiger partial charge in [0.15, 0.2) is 5.69 Å². The van der Waals surface area contributed by atoms with Gasteiger partial charge in [-0.2, -0.15) is 5.10 Å². The fraction of sp³-hybridized carbons (Fsp3) is 0.194. The SMILES string of the molecule is O=C(NS(=O)(=O)c1cc([N+](=O)[O-])c(NCCSc2ccccc2)cc1N1CCN(Cc2ccccc2-c2cccc(O)c2)CC1)c1cccnn1. The number of piperazine rings is 1. The number of nitrogens with zero attached hydrogens (tertiary/aromatic N) is 5. The lowest BCUT2D eigenvalue weighted by Gasteiger charge is -2.37. The summed E-state index contributed by atoms with van der Waals surface area (Å²) in [5.41, 5.74) is 2.73. The second-order valence-electron chi connectivity index (χ2n) is 11.7. The monoisotopic (exact) mass is 725 g/mol. The van der Waals surface area contributed by atoms with Crippen molar-refractivity contribution in [3.05, 3.63) is 131 Å². The molecule has 0 bridgehead atoms. The van der Waals surface area contributed by atoms with Crippen LogP contribution in [-0.2, 0) is 16.6 Å². The Labute approximate surface area is 299 Å². The zero-order valence-corrected chi connectivity index (χ0v) is 29.0. The average molecular weight is 726 g/mol. The van der Waals surface area contributed by atoms with Gasteiger partial charge in [0.25, 0.3) is 21.6 Å². The predicted molar refractivity (Wildman–Crippen MR) is 196 cm³/mol. The number of hydrogen-bond donors (Lipinski definition) is 3. The van der Waals surface area contributed by atoms with E-state index in [-0.39, 0.29) is 22.8 Å². The predicted octanol–water partition coefficient (Wildman–Crippen LogP) is 5.40. The van der Waals surface area contributed by atoms with E-state index in [1.54, 1.807) is 30.0 Å². The second kappa shape index (κ2) is 16.0. The molecule has 0 atom stereocenters. The molecule has 0 saturated carbocycles. The lowest BCUT2D eigenvalue weighted by Crippen LogP contribution is -2.46. The molecule has 13 nitrogen and oxygen atoms in total. The number of phenolic OH excluding ortho intramolecular Hbond substituents is 1. The zero-order chi connectivity index (χ0) is 35.8. The number of carbonyl (C=O) groups is 1. The van der Waals surface area contributed by atoms with Crippen LogP contribution in [0.15, 0.2) is 119 Å². The highest BCUT2D eigenvalue weighted by Crippen LogP contribution is 2.37. The number of rotatable bonds is 13. The molecule has 1 aliphatic heterocycles. The molecule has 5 aromatic rings.